The van der Waals surface area contributed by atoms with E-state index in [1.807, 2.05) is 18.2 Å². The number of hydrogen-bond donors (Lipinski definition) is 2. The average molecular weight is 439 g/mol. The minimum atomic E-state index is -0.785. The lowest BCUT2D eigenvalue weighted by atomic mass is 9.94. The van der Waals surface area contributed by atoms with Crippen molar-refractivity contribution in [2.24, 2.45) is 0 Å². The van der Waals surface area contributed by atoms with Gasteiger partial charge in [0.25, 0.3) is 11.8 Å². The summed E-state index contributed by atoms with van der Waals surface area (Å²) in [7, 11) is 0. The van der Waals surface area contributed by atoms with Crippen molar-refractivity contribution < 1.29 is 14.3 Å². The third-order valence-corrected chi connectivity index (χ3v) is 6.47. The lowest BCUT2D eigenvalue weighted by molar-refractivity contribution is -0.0245. The van der Waals surface area contributed by atoms with Crippen molar-refractivity contribution in [2.45, 2.75) is 38.3 Å². The maximum absolute atomic E-state index is 13.1. The molecule has 0 bridgehead atoms. The minimum absolute atomic E-state index is 0.0936. The van der Waals surface area contributed by atoms with Crippen LogP contribution < -0.4 is 10.1 Å². The molecular weight excluding hydrogens is 416 g/mol. The molecule has 8 heteroatoms. The molecule has 2 aliphatic rings. The van der Waals surface area contributed by atoms with Crippen LogP contribution in [0.4, 0.5) is 0 Å². The van der Waals surface area contributed by atoms with Crippen LogP contribution >= 0.6 is 11.6 Å². The van der Waals surface area contributed by atoms with Crippen molar-refractivity contribution in [3.8, 4) is 5.75 Å². The number of nitrogens with one attached hydrogen (secondary N) is 2. The monoisotopic (exact) mass is 438 g/mol. The summed E-state index contributed by atoms with van der Waals surface area (Å²) in [5.74, 6) is 0.716. The predicted octanol–water partition coefficient (Wildman–Crippen LogP) is 4.09. The van der Waals surface area contributed by atoms with Crippen LogP contribution in [0.1, 0.15) is 58.9 Å². The highest BCUT2D eigenvalue weighted by Crippen LogP contribution is 2.35. The van der Waals surface area contributed by atoms with Crippen LogP contribution in [0, 0.1) is 0 Å². The third-order valence-electron chi connectivity index (χ3n) is 6.17. The highest BCUT2D eigenvalue weighted by Gasteiger charge is 2.43. The number of carbonyl (C=O) groups excluding carboxylic acids is 2. The van der Waals surface area contributed by atoms with Gasteiger partial charge in [-0.1, -0.05) is 31.5 Å². The highest BCUT2D eigenvalue weighted by atomic mass is 35.5. The number of amides is 2. The van der Waals surface area contributed by atoms with Gasteiger partial charge in [-0.05, 0) is 35.7 Å². The molecule has 2 aliphatic heterocycles. The van der Waals surface area contributed by atoms with Crippen LogP contribution in [0.25, 0.3) is 10.9 Å². The van der Waals surface area contributed by atoms with Crippen molar-refractivity contribution in [1.29, 1.82) is 0 Å². The van der Waals surface area contributed by atoms with E-state index in [9.17, 15) is 9.59 Å². The number of aromatic amines is 1. The van der Waals surface area contributed by atoms with E-state index in [2.05, 4.69) is 29.4 Å². The Balaban J connectivity index is 1.32. The fourth-order valence-corrected chi connectivity index (χ4v) is 4.57. The van der Waals surface area contributed by atoms with Crippen LogP contribution in [0.5, 0.6) is 5.75 Å². The van der Waals surface area contributed by atoms with E-state index in [0.717, 1.165) is 10.9 Å². The number of H-pyrrole nitrogens is 1. The molecule has 3 heterocycles. The number of hydrogen-bond acceptors (Lipinski definition) is 4. The molecule has 2 N–H and O–H groups in total. The SMILES string of the molecule is CC(C)c1ccc2c(c1)C(=O)NC1(CCN(C(=O)c3cc(Cl)c4[nH]ncc4c3)CC1)O2. The Labute approximate surface area is 184 Å². The lowest BCUT2D eigenvalue weighted by Gasteiger charge is -2.44. The smallest absolute Gasteiger partial charge is 0.258 e. The summed E-state index contributed by atoms with van der Waals surface area (Å²) in [6, 6.07) is 9.24. The summed E-state index contributed by atoms with van der Waals surface area (Å²) in [5.41, 5.74) is 2.12. The van der Waals surface area contributed by atoms with Gasteiger partial charge in [0.1, 0.15) is 5.75 Å². The molecule has 0 saturated carbocycles. The van der Waals surface area contributed by atoms with E-state index >= 15 is 0 Å². The summed E-state index contributed by atoms with van der Waals surface area (Å²) in [6.07, 6.45) is 2.67. The number of rotatable bonds is 2. The quantitative estimate of drug-likeness (QED) is 0.630. The number of piperidine rings is 1. The molecule has 5 rings (SSSR count). The standard InChI is InChI=1S/C23H23ClN4O3/c1-13(2)14-3-4-19-17(10-14)21(29)26-23(31-19)5-7-28(8-6-23)22(30)15-9-16-12-25-27-20(16)18(24)11-15/h3-4,9-13H,5-8H2,1-2H3,(H,25,27)(H,26,29). The maximum atomic E-state index is 13.1. The number of nitrogens with zero attached hydrogens (tertiary/aromatic N) is 2. The van der Waals surface area contributed by atoms with Crippen molar-refractivity contribution in [3.63, 3.8) is 0 Å². The van der Waals surface area contributed by atoms with Crippen molar-refractivity contribution in [1.82, 2.24) is 20.4 Å². The first-order chi connectivity index (χ1) is 14.8. The zero-order chi connectivity index (χ0) is 21.8. The van der Waals surface area contributed by atoms with Gasteiger partial charge < -0.3 is 15.0 Å². The first-order valence-corrected chi connectivity index (χ1v) is 10.8. The lowest BCUT2D eigenvalue weighted by Crippen LogP contribution is -2.61. The van der Waals surface area contributed by atoms with Crippen molar-refractivity contribution in [2.75, 3.05) is 13.1 Å². The summed E-state index contributed by atoms with van der Waals surface area (Å²) in [6.45, 7) is 5.13. The van der Waals surface area contributed by atoms with Crippen LogP contribution in [0.15, 0.2) is 36.5 Å². The van der Waals surface area contributed by atoms with Crippen molar-refractivity contribution in [3.05, 3.63) is 58.2 Å². The van der Waals surface area contributed by atoms with Gasteiger partial charge >= 0.3 is 0 Å². The third kappa shape index (κ3) is 3.43. The van der Waals surface area contributed by atoms with Gasteiger partial charge in [-0.2, -0.15) is 5.10 Å². The molecule has 0 aliphatic carbocycles. The second-order valence-electron chi connectivity index (χ2n) is 8.55. The Kier molecular flexibility index (Phi) is 4.66. The Bertz CT molecular complexity index is 1190. The molecule has 2 amide bonds. The number of carbonyl (C=O) groups is 2. The molecule has 0 radical (unpaired) electrons. The summed E-state index contributed by atoms with van der Waals surface area (Å²) in [4.78, 5) is 27.6. The molecule has 1 aromatic heterocycles. The summed E-state index contributed by atoms with van der Waals surface area (Å²) >= 11 is 6.29. The van der Waals surface area contributed by atoms with Gasteiger partial charge in [0.2, 0.25) is 0 Å². The summed E-state index contributed by atoms with van der Waals surface area (Å²) < 4.78 is 6.26. The molecular formula is C23H23ClN4O3. The molecule has 1 fully saturated rings. The number of aromatic nitrogens is 2. The Morgan fingerprint density at radius 3 is 2.74 bits per heavy atom. The molecule has 2 aromatic carbocycles. The van der Waals surface area contributed by atoms with Gasteiger partial charge in [0.05, 0.1) is 22.3 Å². The molecule has 7 nitrogen and oxygen atoms in total. The molecule has 3 aromatic rings. The van der Waals surface area contributed by atoms with E-state index in [-0.39, 0.29) is 11.8 Å². The zero-order valence-electron chi connectivity index (χ0n) is 17.4. The topological polar surface area (TPSA) is 87.3 Å². The number of likely N-dealkylation sites (tertiary alicyclic amines) is 1. The summed E-state index contributed by atoms with van der Waals surface area (Å²) in [5, 5.41) is 11.1. The molecule has 1 spiro atoms. The maximum Gasteiger partial charge on any atom is 0.258 e. The second kappa shape index (κ2) is 7.27. The highest BCUT2D eigenvalue weighted by molar-refractivity contribution is 6.35. The van der Waals surface area contributed by atoms with E-state index in [1.54, 1.807) is 23.2 Å². The van der Waals surface area contributed by atoms with E-state index < -0.39 is 5.72 Å². The van der Waals surface area contributed by atoms with Crippen LogP contribution in [-0.2, 0) is 0 Å². The first kappa shape index (κ1) is 19.9. The minimum Gasteiger partial charge on any atom is -0.467 e. The van der Waals surface area contributed by atoms with Gasteiger partial charge in [0.15, 0.2) is 5.72 Å². The normalized spacial score (nSPS) is 17.5. The molecule has 1 saturated heterocycles. The largest absolute Gasteiger partial charge is 0.467 e. The number of fused-ring (bicyclic) bond motifs is 2. The van der Waals surface area contributed by atoms with Crippen LogP contribution in [-0.4, -0.2) is 45.7 Å². The first-order valence-electron chi connectivity index (χ1n) is 10.4. The van der Waals surface area contributed by atoms with Gasteiger partial charge in [-0.25, -0.2) is 0 Å². The molecule has 0 unspecified atom stereocenters. The van der Waals surface area contributed by atoms with Crippen molar-refractivity contribution >= 4 is 34.3 Å². The van der Waals surface area contributed by atoms with E-state index in [1.165, 1.54) is 0 Å². The number of benzene rings is 2. The predicted molar refractivity (Wildman–Crippen MR) is 118 cm³/mol. The van der Waals surface area contributed by atoms with E-state index in [0.29, 0.717) is 59.3 Å². The number of halogens is 1. The van der Waals surface area contributed by atoms with Gasteiger partial charge in [-0.15, -0.1) is 0 Å². The van der Waals surface area contributed by atoms with E-state index in [4.69, 9.17) is 16.3 Å². The molecule has 160 valence electrons. The van der Waals surface area contributed by atoms with Gasteiger partial charge in [-0.3, -0.25) is 14.7 Å². The van der Waals surface area contributed by atoms with Gasteiger partial charge in [0, 0.05) is 36.9 Å². The Hall–Kier alpha value is -3.06. The fraction of sp³-hybridized carbons (Fsp3) is 0.348. The second-order valence-corrected chi connectivity index (χ2v) is 8.95. The Morgan fingerprint density at radius 2 is 2.00 bits per heavy atom. The number of ether oxygens (including phenoxy) is 1. The molecule has 0 atom stereocenters. The fourth-order valence-electron chi connectivity index (χ4n) is 4.30. The molecule has 31 heavy (non-hydrogen) atoms. The zero-order valence-corrected chi connectivity index (χ0v) is 18.1. The average Bonchev–Trinajstić information content (AvgIpc) is 3.23. The van der Waals surface area contributed by atoms with Crippen LogP contribution in [0.3, 0.4) is 0 Å². The van der Waals surface area contributed by atoms with Crippen LogP contribution in [0.2, 0.25) is 5.02 Å². The Morgan fingerprint density at radius 1 is 1.23 bits per heavy atom.